The van der Waals surface area contributed by atoms with E-state index in [9.17, 15) is 4.79 Å². The van der Waals surface area contributed by atoms with Crippen molar-refractivity contribution in [2.45, 2.75) is 44.9 Å². The van der Waals surface area contributed by atoms with Crippen molar-refractivity contribution in [2.75, 3.05) is 0 Å². The van der Waals surface area contributed by atoms with Crippen LogP contribution in [0.3, 0.4) is 0 Å². The number of rotatable bonds is 7. The highest BCUT2D eigenvalue weighted by molar-refractivity contribution is 6.01. The van der Waals surface area contributed by atoms with Crippen LogP contribution in [-0.4, -0.2) is 33.5 Å². The summed E-state index contributed by atoms with van der Waals surface area (Å²) in [7, 11) is 0. The predicted octanol–water partition coefficient (Wildman–Crippen LogP) is 3.23. The summed E-state index contributed by atoms with van der Waals surface area (Å²) in [5.74, 6) is 0.178. The lowest BCUT2D eigenvalue weighted by Gasteiger charge is -2.28. The fraction of sp³-hybridized carbons (Fsp3) is 0.292. The molecule has 8 heteroatoms. The normalized spacial score (nSPS) is 17.4. The zero-order valence-electron chi connectivity index (χ0n) is 18.0. The average molecular weight is 434 g/mol. The summed E-state index contributed by atoms with van der Waals surface area (Å²) >= 11 is 0. The Morgan fingerprint density at radius 2 is 2.03 bits per heavy atom. The van der Waals surface area contributed by atoms with Crippen molar-refractivity contribution in [3.05, 3.63) is 71.4 Å². The van der Waals surface area contributed by atoms with Crippen LogP contribution < -0.4 is 16.0 Å². The van der Waals surface area contributed by atoms with Crippen molar-refractivity contribution >= 4 is 22.5 Å². The summed E-state index contributed by atoms with van der Waals surface area (Å²) in [5, 5.41) is 14.0. The van der Waals surface area contributed by atoms with Crippen molar-refractivity contribution in [2.24, 2.45) is 10.9 Å². The van der Waals surface area contributed by atoms with Gasteiger partial charge in [0.25, 0.3) is 0 Å². The van der Waals surface area contributed by atoms with Crippen LogP contribution in [0.5, 0.6) is 5.75 Å². The third-order valence-electron chi connectivity index (χ3n) is 5.58. The molecule has 8 nitrogen and oxygen atoms in total. The van der Waals surface area contributed by atoms with Gasteiger partial charge in [-0.05, 0) is 55.8 Å². The number of fused-ring (bicyclic) bond motifs is 1. The molecule has 0 bridgehead atoms. The summed E-state index contributed by atoms with van der Waals surface area (Å²) in [6.45, 7) is 4.12. The molecule has 0 radical (unpaired) electrons. The van der Waals surface area contributed by atoms with Crippen LogP contribution in [-0.2, 0) is 16.2 Å². The van der Waals surface area contributed by atoms with E-state index in [0.717, 1.165) is 39.2 Å². The number of hydrogen-bond acceptors (Lipinski definition) is 7. The van der Waals surface area contributed by atoms with E-state index < -0.39 is 17.6 Å². The summed E-state index contributed by atoms with van der Waals surface area (Å²) in [6.07, 6.45) is -0.0740. The molecule has 1 amide bonds. The highest BCUT2D eigenvalue weighted by atomic mass is 16.6. The number of pyridine rings is 1. The number of aromatic nitrogens is 1. The molecular formula is C24H26N4O4. The molecule has 1 aromatic heterocycles. The molecule has 2 atom stereocenters. The van der Waals surface area contributed by atoms with Crippen molar-refractivity contribution in [1.82, 2.24) is 10.5 Å². The Labute approximate surface area is 186 Å². The quantitative estimate of drug-likeness (QED) is 0.388. The Balaban J connectivity index is 1.40. The van der Waals surface area contributed by atoms with Gasteiger partial charge in [-0.1, -0.05) is 23.4 Å². The number of amides is 1. The number of benzene rings is 2. The van der Waals surface area contributed by atoms with Gasteiger partial charge in [0.1, 0.15) is 12.4 Å². The third-order valence-corrected chi connectivity index (χ3v) is 5.58. The number of nitrogens with one attached hydrogen (secondary N) is 1. The summed E-state index contributed by atoms with van der Waals surface area (Å²) in [6, 6.07) is 17.7. The molecule has 0 saturated heterocycles. The minimum Gasteiger partial charge on any atom is -0.489 e. The molecule has 4 N–H and O–H groups in total. The topological polar surface area (TPSA) is 119 Å². The summed E-state index contributed by atoms with van der Waals surface area (Å²) in [4.78, 5) is 21.5. The molecule has 2 heterocycles. The standard InChI is InChI=1S/C24H26N4O4/c1-15-11-17(19-5-3-4-6-20(19)26-15)14-31-18-9-7-16(8-10-18)21-12-22(32-28-21)24(2,25)13-23(29)27-30/h3-11,22,30H,12-14,25H2,1-2H3,(H,27,29). The molecule has 0 fully saturated rings. The maximum Gasteiger partial charge on any atom is 0.245 e. The largest absolute Gasteiger partial charge is 0.489 e. The van der Waals surface area contributed by atoms with Gasteiger partial charge >= 0.3 is 0 Å². The van der Waals surface area contributed by atoms with E-state index in [2.05, 4.69) is 10.1 Å². The Kier molecular flexibility index (Phi) is 6.07. The second-order valence-electron chi connectivity index (χ2n) is 8.31. The van der Waals surface area contributed by atoms with Crippen molar-refractivity contribution in [3.8, 4) is 5.75 Å². The molecule has 32 heavy (non-hydrogen) atoms. The van der Waals surface area contributed by atoms with E-state index in [1.165, 1.54) is 0 Å². The van der Waals surface area contributed by atoms with E-state index in [1.807, 2.05) is 61.5 Å². The van der Waals surface area contributed by atoms with Crippen LogP contribution in [0.4, 0.5) is 0 Å². The zero-order chi connectivity index (χ0) is 22.7. The second kappa shape index (κ2) is 8.94. The minimum absolute atomic E-state index is 0.0765. The van der Waals surface area contributed by atoms with E-state index in [4.69, 9.17) is 20.5 Å². The van der Waals surface area contributed by atoms with Gasteiger partial charge < -0.3 is 15.3 Å². The lowest BCUT2D eigenvalue weighted by molar-refractivity contribution is -0.131. The number of hydrogen-bond donors (Lipinski definition) is 3. The maximum atomic E-state index is 11.5. The Hall–Kier alpha value is -3.49. The number of carbonyl (C=O) groups excluding carboxylic acids is 1. The molecule has 0 saturated carbocycles. The molecule has 1 aliphatic rings. The molecule has 3 aromatic rings. The van der Waals surface area contributed by atoms with Gasteiger partial charge in [-0.2, -0.15) is 0 Å². The van der Waals surface area contributed by atoms with Crippen LogP contribution in [0.25, 0.3) is 10.9 Å². The lowest BCUT2D eigenvalue weighted by atomic mass is 9.88. The number of nitrogens with two attached hydrogens (primary N) is 1. The number of hydroxylamine groups is 1. The maximum absolute atomic E-state index is 11.5. The Morgan fingerprint density at radius 3 is 2.78 bits per heavy atom. The van der Waals surface area contributed by atoms with Gasteiger partial charge in [-0.25, -0.2) is 5.48 Å². The fourth-order valence-electron chi connectivity index (χ4n) is 3.82. The predicted molar refractivity (Wildman–Crippen MR) is 120 cm³/mol. The second-order valence-corrected chi connectivity index (χ2v) is 8.31. The minimum atomic E-state index is -0.966. The molecule has 0 aliphatic carbocycles. The van der Waals surface area contributed by atoms with Crippen LogP contribution in [0, 0.1) is 6.92 Å². The number of nitrogens with zero attached hydrogens (tertiary/aromatic N) is 2. The number of para-hydroxylation sites is 1. The summed E-state index contributed by atoms with van der Waals surface area (Å²) in [5.41, 5.74) is 11.5. The van der Waals surface area contributed by atoms with Gasteiger partial charge in [0.05, 0.1) is 23.2 Å². The van der Waals surface area contributed by atoms with Crippen LogP contribution in [0.1, 0.15) is 36.6 Å². The fourth-order valence-corrected chi connectivity index (χ4v) is 3.82. The van der Waals surface area contributed by atoms with Gasteiger partial charge in [-0.15, -0.1) is 0 Å². The number of ether oxygens (including phenoxy) is 1. The van der Waals surface area contributed by atoms with Crippen molar-refractivity contribution in [3.63, 3.8) is 0 Å². The van der Waals surface area contributed by atoms with E-state index >= 15 is 0 Å². The molecule has 1 aliphatic heterocycles. The third kappa shape index (κ3) is 4.71. The number of carbonyl (C=O) groups is 1. The first-order valence-corrected chi connectivity index (χ1v) is 10.4. The molecular weight excluding hydrogens is 408 g/mol. The molecule has 4 rings (SSSR count). The van der Waals surface area contributed by atoms with Crippen molar-refractivity contribution < 1.29 is 19.6 Å². The van der Waals surface area contributed by atoms with Gasteiger partial charge in [0, 0.05) is 23.1 Å². The molecule has 166 valence electrons. The Morgan fingerprint density at radius 1 is 1.28 bits per heavy atom. The number of oxime groups is 1. The highest BCUT2D eigenvalue weighted by Gasteiger charge is 2.38. The number of aryl methyl sites for hydroxylation is 1. The van der Waals surface area contributed by atoms with Crippen molar-refractivity contribution in [1.29, 1.82) is 0 Å². The molecule has 2 aromatic carbocycles. The lowest BCUT2D eigenvalue weighted by Crippen LogP contribution is -2.51. The van der Waals surface area contributed by atoms with E-state index in [1.54, 1.807) is 12.4 Å². The van der Waals surface area contributed by atoms with Crippen LogP contribution in [0.15, 0.2) is 59.8 Å². The van der Waals surface area contributed by atoms with Crippen LogP contribution in [0.2, 0.25) is 0 Å². The van der Waals surface area contributed by atoms with E-state index in [-0.39, 0.29) is 6.42 Å². The first-order valence-electron chi connectivity index (χ1n) is 10.4. The Bertz CT molecular complexity index is 1160. The van der Waals surface area contributed by atoms with E-state index in [0.29, 0.717) is 13.0 Å². The smallest absolute Gasteiger partial charge is 0.245 e. The molecule has 0 spiro atoms. The molecule has 2 unspecified atom stereocenters. The van der Waals surface area contributed by atoms with Crippen LogP contribution >= 0.6 is 0 Å². The average Bonchev–Trinajstić information content (AvgIpc) is 3.29. The monoisotopic (exact) mass is 434 g/mol. The summed E-state index contributed by atoms with van der Waals surface area (Å²) < 4.78 is 6.02. The van der Waals surface area contributed by atoms with Gasteiger partial charge in [0.15, 0.2) is 6.10 Å². The van der Waals surface area contributed by atoms with Gasteiger partial charge in [-0.3, -0.25) is 15.0 Å². The SMILES string of the molecule is Cc1cc(COc2ccc(C3=NOC(C(C)(N)CC(=O)NO)C3)cc2)c2ccccc2n1. The highest BCUT2D eigenvalue weighted by Crippen LogP contribution is 2.27. The first kappa shape index (κ1) is 21.7. The first-order chi connectivity index (χ1) is 15.4. The zero-order valence-corrected chi connectivity index (χ0v) is 18.0. The van der Waals surface area contributed by atoms with Gasteiger partial charge in [0.2, 0.25) is 5.91 Å².